The number of aromatic amines is 1. The molecular formula is C15H16N8OS2. The van der Waals surface area contributed by atoms with Gasteiger partial charge in [0.25, 0.3) is 0 Å². The van der Waals surface area contributed by atoms with Gasteiger partial charge < -0.3 is 5.32 Å². The molecule has 0 saturated carbocycles. The number of rotatable bonds is 7. The van der Waals surface area contributed by atoms with Crippen LogP contribution in [0.3, 0.4) is 0 Å². The summed E-state index contributed by atoms with van der Waals surface area (Å²) in [5.41, 5.74) is 5.35. The predicted octanol–water partition coefficient (Wildman–Crippen LogP) is 2.53. The van der Waals surface area contributed by atoms with Crippen LogP contribution in [-0.2, 0) is 4.79 Å². The van der Waals surface area contributed by atoms with Crippen molar-refractivity contribution in [3.05, 3.63) is 41.2 Å². The number of nitrogens with one attached hydrogen (secondary N) is 3. The van der Waals surface area contributed by atoms with Gasteiger partial charge in [-0.2, -0.15) is 10.1 Å². The molecule has 0 fully saturated rings. The molecule has 0 aromatic carbocycles. The summed E-state index contributed by atoms with van der Waals surface area (Å²) in [5, 5.41) is 16.7. The van der Waals surface area contributed by atoms with Crippen LogP contribution in [0.2, 0.25) is 0 Å². The number of carbonyl (C=O) groups is 1. The molecule has 0 bridgehead atoms. The summed E-state index contributed by atoms with van der Waals surface area (Å²) in [6, 6.07) is 3.76. The van der Waals surface area contributed by atoms with Crippen molar-refractivity contribution in [2.75, 3.05) is 16.5 Å². The third kappa shape index (κ3) is 5.10. The molecule has 3 heterocycles. The lowest BCUT2D eigenvalue weighted by molar-refractivity contribution is -0.113. The second-order valence-corrected chi connectivity index (χ2v) is 6.95. The first-order chi connectivity index (χ1) is 12.6. The molecule has 3 rings (SSSR count). The molecule has 0 aliphatic heterocycles. The van der Waals surface area contributed by atoms with E-state index < -0.39 is 0 Å². The number of hydrogen-bond acceptors (Lipinski definition) is 9. The van der Waals surface area contributed by atoms with Gasteiger partial charge in [-0.15, -0.1) is 16.4 Å². The van der Waals surface area contributed by atoms with E-state index in [0.717, 1.165) is 17.0 Å². The Labute approximate surface area is 157 Å². The minimum absolute atomic E-state index is 0.158. The maximum Gasteiger partial charge on any atom is 0.240 e. The van der Waals surface area contributed by atoms with Crippen molar-refractivity contribution in [2.45, 2.75) is 19.0 Å². The second-order valence-electron chi connectivity index (χ2n) is 5.15. The highest BCUT2D eigenvalue weighted by Crippen LogP contribution is 2.17. The van der Waals surface area contributed by atoms with Gasteiger partial charge in [-0.25, -0.2) is 15.5 Å². The molecule has 0 unspecified atom stereocenters. The van der Waals surface area contributed by atoms with Crippen LogP contribution in [0.5, 0.6) is 0 Å². The minimum atomic E-state index is -0.158. The van der Waals surface area contributed by atoms with Gasteiger partial charge in [0.05, 0.1) is 17.2 Å². The number of nitrogens with zero attached hydrogens (tertiary/aromatic N) is 5. The molecule has 1 amide bonds. The standard InChI is InChI=1S/C15H16N8OS2/c1-9-7-25-14(17-9)18-12(24)8-26-15-19-13(22-23-15)21-20-10(2)11-4-3-5-16-6-11/h3-7H,8H2,1-2H3,(H,17,18,24)(H2,19,21,22,23)/b20-10+. The number of thiazole rings is 1. The summed E-state index contributed by atoms with van der Waals surface area (Å²) in [7, 11) is 0. The highest BCUT2D eigenvalue weighted by atomic mass is 32.2. The summed E-state index contributed by atoms with van der Waals surface area (Å²) in [5.74, 6) is 0.425. The SMILES string of the molecule is C/C(=N\Nc1nc(SCC(=O)Nc2nc(C)cs2)n[nH]1)c1cccnc1. The largest absolute Gasteiger partial charge is 0.301 e. The molecule has 3 aromatic rings. The molecule has 0 saturated heterocycles. The number of anilines is 2. The van der Waals surface area contributed by atoms with Crippen LogP contribution >= 0.6 is 23.1 Å². The second kappa shape index (κ2) is 8.54. The van der Waals surface area contributed by atoms with Crippen LogP contribution in [0.15, 0.2) is 40.2 Å². The fraction of sp³-hybridized carbons (Fsp3) is 0.200. The average Bonchev–Trinajstić information content (AvgIpc) is 3.27. The van der Waals surface area contributed by atoms with Crippen LogP contribution < -0.4 is 10.7 Å². The number of pyridine rings is 1. The molecule has 11 heteroatoms. The summed E-state index contributed by atoms with van der Waals surface area (Å²) < 4.78 is 0. The van der Waals surface area contributed by atoms with E-state index in [-0.39, 0.29) is 11.7 Å². The van der Waals surface area contributed by atoms with E-state index in [9.17, 15) is 4.79 Å². The molecule has 134 valence electrons. The number of aryl methyl sites for hydroxylation is 1. The summed E-state index contributed by atoms with van der Waals surface area (Å²) in [4.78, 5) is 24.4. The van der Waals surface area contributed by atoms with Gasteiger partial charge in [0, 0.05) is 23.3 Å². The smallest absolute Gasteiger partial charge is 0.240 e. The maximum absolute atomic E-state index is 11.9. The Morgan fingerprint density at radius 1 is 1.42 bits per heavy atom. The molecule has 3 N–H and O–H groups in total. The van der Waals surface area contributed by atoms with Crippen LogP contribution in [0.4, 0.5) is 11.1 Å². The third-order valence-corrected chi connectivity index (χ3v) is 4.79. The third-order valence-electron chi connectivity index (χ3n) is 3.07. The van der Waals surface area contributed by atoms with Crippen molar-refractivity contribution in [1.82, 2.24) is 25.1 Å². The first-order valence-corrected chi connectivity index (χ1v) is 9.44. The van der Waals surface area contributed by atoms with Gasteiger partial charge >= 0.3 is 0 Å². The Balaban J connectivity index is 1.49. The predicted molar refractivity (Wildman–Crippen MR) is 103 cm³/mol. The Kier molecular flexibility index (Phi) is 5.92. The fourth-order valence-electron chi connectivity index (χ4n) is 1.84. The molecule has 26 heavy (non-hydrogen) atoms. The maximum atomic E-state index is 11.9. The first-order valence-electron chi connectivity index (χ1n) is 7.58. The number of amides is 1. The van der Waals surface area contributed by atoms with Crippen molar-refractivity contribution in [2.24, 2.45) is 5.10 Å². The molecule has 0 spiro atoms. The quantitative estimate of drug-likeness (QED) is 0.323. The number of aromatic nitrogens is 5. The monoisotopic (exact) mass is 388 g/mol. The van der Waals surface area contributed by atoms with Gasteiger partial charge in [-0.05, 0) is 19.9 Å². The summed E-state index contributed by atoms with van der Waals surface area (Å²) in [6.07, 6.45) is 3.43. The van der Waals surface area contributed by atoms with Gasteiger partial charge in [0.2, 0.25) is 17.0 Å². The van der Waals surface area contributed by atoms with E-state index >= 15 is 0 Å². The van der Waals surface area contributed by atoms with Crippen LogP contribution in [0.1, 0.15) is 18.2 Å². The summed E-state index contributed by atoms with van der Waals surface area (Å²) in [6.45, 7) is 3.74. The van der Waals surface area contributed by atoms with Crippen molar-refractivity contribution >= 4 is 45.8 Å². The lowest BCUT2D eigenvalue weighted by Crippen LogP contribution is -2.13. The number of hydrazone groups is 1. The van der Waals surface area contributed by atoms with Crippen molar-refractivity contribution < 1.29 is 4.79 Å². The molecule has 0 aliphatic carbocycles. The molecule has 9 nitrogen and oxygen atoms in total. The van der Waals surface area contributed by atoms with Crippen molar-refractivity contribution in [3.63, 3.8) is 0 Å². The lowest BCUT2D eigenvalue weighted by Gasteiger charge is -2.00. The van der Waals surface area contributed by atoms with Gasteiger partial charge in [0.15, 0.2) is 5.13 Å². The van der Waals surface area contributed by atoms with Gasteiger partial charge in [0.1, 0.15) is 0 Å². The highest BCUT2D eigenvalue weighted by Gasteiger charge is 2.09. The lowest BCUT2D eigenvalue weighted by atomic mass is 10.2. The minimum Gasteiger partial charge on any atom is -0.301 e. The average molecular weight is 388 g/mol. The van der Waals surface area contributed by atoms with Crippen molar-refractivity contribution in [1.29, 1.82) is 0 Å². The van der Waals surface area contributed by atoms with E-state index in [1.165, 1.54) is 23.1 Å². The number of hydrogen-bond donors (Lipinski definition) is 3. The number of thioether (sulfide) groups is 1. The zero-order chi connectivity index (χ0) is 18.4. The Bertz CT molecular complexity index is 905. The van der Waals surface area contributed by atoms with Crippen LogP contribution in [0, 0.1) is 6.92 Å². The van der Waals surface area contributed by atoms with Gasteiger partial charge in [-0.1, -0.05) is 17.8 Å². The number of H-pyrrole nitrogens is 1. The summed E-state index contributed by atoms with van der Waals surface area (Å²) >= 11 is 2.61. The van der Waals surface area contributed by atoms with E-state index in [1.54, 1.807) is 12.4 Å². The highest BCUT2D eigenvalue weighted by molar-refractivity contribution is 7.99. The topological polar surface area (TPSA) is 121 Å². The molecule has 0 atom stereocenters. The van der Waals surface area contributed by atoms with E-state index in [0.29, 0.717) is 16.2 Å². The number of carbonyl (C=O) groups excluding carboxylic acids is 1. The fourth-order valence-corrected chi connectivity index (χ4v) is 3.14. The molecular weight excluding hydrogens is 372 g/mol. The van der Waals surface area contributed by atoms with Crippen molar-refractivity contribution in [3.8, 4) is 0 Å². The Morgan fingerprint density at radius 2 is 2.31 bits per heavy atom. The van der Waals surface area contributed by atoms with E-state index in [2.05, 4.69) is 41.0 Å². The Hall–Kier alpha value is -2.79. The Morgan fingerprint density at radius 3 is 3.04 bits per heavy atom. The molecule has 0 radical (unpaired) electrons. The van der Waals surface area contributed by atoms with Crippen LogP contribution in [0.25, 0.3) is 0 Å². The van der Waals surface area contributed by atoms with E-state index in [4.69, 9.17) is 0 Å². The van der Waals surface area contributed by atoms with Crippen LogP contribution in [-0.4, -0.2) is 42.5 Å². The molecule has 3 aromatic heterocycles. The van der Waals surface area contributed by atoms with Gasteiger partial charge in [-0.3, -0.25) is 9.78 Å². The van der Waals surface area contributed by atoms with E-state index in [1.807, 2.05) is 31.4 Å². The first kappa shape index (κ1) is 18.0. The molecule has 0 aliphatic rings. The normalized spacial score (nSPS) is 11.4. The zero-order valence-electron chi connectivity index (χ0n) is 14.1. The zero-order valence-corrected chi connectivity index (χ0v) is 15.7.